The van der Waals surface area contributed by atoms with Crippen molar-refractivity contribution in [1.82, 2.24) is 9.97 Å². The van der Waals surface area contributed by atoms with Gasteiger partial charge in [0.25, 0.3) is 0 Å². The van der Waals surface area contributed by atoms with Gasteiger partial charge < -0.3 is 10.1 Å². The molecule has 0 saturated carbocycles. The van der Waals surface area contributed by atoms with E-state index in [1.807, 2.05) is 30.3 Å². The van der Waals surface area contributed by atoms with Gasteiger partial charge in [-0.15, -0.1) is 0 Å². The van der Waals surface area contributed by atoms with Crippen LogP contribution in [0.25, 0.3) is 0 Å². The van der Waals surface area contributed by atoms with E-state index in [2.05, 4.69) is 15.3 Å². The Hall–Kier alpha value is -2.14. The summed E-state index contributed by atoms with van der Waals surface area (Å²) in [6.45, 7) is 0. The Kier molecular flexibility index (Phi) is 4.30. The zero-order valence-electron chi connectivity index (χ0n) is 10.2. The van der Waals surface area contributed by atoms with Crippen LogP contribution in [0.2, 0.25) is 5.28 Å². The van der Waals surface area contributed by atoms with Crippen molar-refractivity contribution in [2.24, 2.45) is 0 Å². The third-order valence-corrected chi connectivity index (χ3v) is 2.67. The number of nitrogens with one attached hydrogen (secondary N) is 1. The average molecular weight is 278 g/mol. The highest BCUT2D eigenvalue weighted by Crippen LogP contribution is 2.19. The first kappa shape index (κ1) is 13.3. The van der Waals surface area contributed by atoms with E-state index in [4.69, 9.17) is 16.3 Å². The number of halogens is 1. The molecule has 0 bridgehead atoms. The summed E-state index contributed by atoms with van der Waals surface area (Å²) in [4.78, 5) is 19.6. The molecule has 1 aromatic carbocycles. The number of hydrogen-bond acceptors (Lipinski definition) is 5. The van der Waals surface area contributed by atoms with E-state index in [1.165, 1.54) is 13.3 Å². The Morgan fingerprint density at radius 1 is 1.32 bits per heavy atom. The second-order valence-electron chi connectivity index (χ2n) is 3.72. The van der Waals surface area contributed by atoms with Crippen molar-refractivity contribution in [1.29, 1.82) is 0 Å². The Morgan fingerprint density at radius 3 is 2.68 bits per heavy atom. The molecule has 1 N–H and O–H groups in total. The zero-order valence-corrected chi connectivity index (χ0v) is 11.0. The van der Waals surface area contributed by atoms with Gasteiger partial charge in [0.05, 0.1) is 7.11 Å². The lowest BCUT2D eigenvalue weighted by molar-refractivity contribution is -0.141. The first-order valence-corrected chi connectivity index (χ1v) is 5.96. The number of methoxy groups -OCH3 is 1. The summed E-state index contributed by atoms with van der Waals surface area (Å²) in [5.41, 5.74) is 0.782. The van der Waals surface area contributed by atoms with Crippen LogP contribution in [0.15, 0.2) is 42.6 Å². The molecule has 1 unspecified atom stereocenters. The lowest BCUT2D eigenvalue weighted by atomic mass is 10.1. The largest absolute Gasteiger partial charge is 0.467 e. The van der Waals surface area contributed by atoms with Crippen molar-refractivity contribution in [3.8, 4) is 0 Å². The van der Waals surface area contributed by atoms with E-state index in [-0.39, 0.29) is 5.28 Å². The fourth-order valence-electron chi connectivity index (χ4n) is 1.60. The molecule has 0 radical (unpaired) electrons. The van der Waals surface area contributed by atoms with Crippen LogP contribution >= 0.6 is 11.6 Å². The number of nitrogens with zero attached hydrogens (tertiary/aromatic N) is 2. The molecule has 1 heterocycles. The Labute approximate surface area is 115 Å². The smallest absolute Gasteiger partial charge is 0.333 e. The predicted octanol–water partition coefficient (Wildman–Crippen LogP) is 2.46. The summed E-state index contributed by atoms with van der Waals surface area (Å²) >= 11 is 5.71. The molecule has 1 atom stereocenters. The molecule has 19 heavy (non-hydrogen) atoms. The second-order valence-corrected chi connectivity index (χ2v) is 4.06. The molecular weight excluding hydrogens is 266 g/mol. The van der Waals surface area contributed by atoms with Gasteiger partial charge in [-0.2, -0.15) is 0 Å². The molecular formula is C13H12ClN3O2. The molecule has 0 aliphatic heterocycles. The molecule has 0 spiro atoms. The molecule has 0 aliphatic rings. The SMILES string of the molecule is COC(=O)C(Nc1ccnc(Cl)n1)c1ccccc1. The number of anilines is 1. The molecule has 2 rings (SSSR count). The van der Waals surface area contributed by atoms with Crippen LogP contribution < -0.4 is 5.32 Å². The molecule has 0 fully saturated rings. The Morgan fingerprint density at radius 2 is 2.05 bits per heavy atom. The van der Waals surface area contributed by atoms with Gasteiger partial charge in [0.15, 0.2) is 6.04 Å². The summed E-state index contributed by atoms with van der Waals surface area (Å²) in [5.74, 6) is 0.0557. The highest BCUT2D eigenvalue weighted by Gasteiger charge is 2.21. The van der Waals surface area contributed by atoms with Gasteiger partial charge in [-0.1, -0.05) is 30.3 Å². The molecule has 98 valence electrons. The van der Waals surface area contributed by atoms with Gasteiger partial charge in [-0.05, 0) is 23.2 Å². The molecule has 0 amide bonds. The number of aromatic nitrogens is 2. The minimum absolute atomic E-state index is 0.113. The van der Waals surface area contributed by atoms with Crippen molar-refractivity contribution in [2.75, 3.05) is 12.4 Å². The topological polar surface area (TPSA) is 64.1 Å². The van der Waals surface area contributed by atoms with Gasteiger partial charge in [0.1, 0.15) is 5.82 Å². The zero-order chi connectivity index (χ0) is 13.7. The number of rotatable bonds is 4. The third-order valence-electron chi connectivity index (χ3n) is 2.49. The first-order chi connectivity index (χ1) is 9.20. The lowest BCUT2D eigenvalue weighted by Crippen LogP contribution is -2.22. The van der Waals surface area contributed by atoms with E-state index in [1.54, 1.807) is 6.07 Å². The molecule has 0 aliphatic carbocycles. The van der Waals surface area contributed by atoms with Gasteiger partial charge in [-0.25, -0.2) is 14.8 Å². The normalized spacial score (nSPS) is 11.7. The first-order valence-electron chi connectivity index (χ1n) is 5.58. The molecule has 6 heteroatoms. The van der Waals surface area contributed by atoms with Crippen molar-refractivity contribution >= 4 is 23.4 Å². The predicted molar refractivity (Wildman–Crippen MR) is 71.9 cm³/mol. The molecule has 1 aromatic heterocycles. The fourth-order valence-corrected chi connectivity index (χ4v) is 1.75. The summed E-state index contributed by atoms with van der Waals surface area (Å²) in [6, 6.07) is 10.2. The van der Waals surface area contributed by atoms with Crippen molar-refractivity contribution in [2.45, 2.75) is 6.04 Å². The maximum atomic E-state index is 11.8. The van der Waals surface area contributed by atoms with Gasteiger partial charge in [0, 0.05) is 6.20 Å². The quantitative estimate of drug-likeness (QED) is 0.687. The molecule has 0 saturated heterocycles. The monoisotopic (exact) mass is 277 g/mol. The summed E-state index contributed by atoms with van der Waals surface area (Å²) < 4.78 is 4.79. The number of ether oxygens (including phenoxy) is 1. The number of esters is 1. The minimum Gasteiger partial charge on any atom is -0.467 e. The van der Waals surface area contributed by atoms with E-state index < -0.39 is 12.0 Å². The second kappa shape index (κ2) is 6.15. The maximum absolute atomic E-state index is 11.8. The Bertz CT molecular complexity index is 563. The third kappa shape index (κ3) is 3.42. The van der Waals surface area contributed by atoms with Crippen LogP contribution in [0.4, 0.5) is 5.82 Å². The van der Waals surface area contributed by atoms with Crippen LogP contribution in [0.5, 0.6) is 0 Å². The van der Waals surface area contributed by atoms with E-state index in [9.17, 15) is 4.79 Å². The average Bonchev–Trinajstić information content (AvgIpc) is 2.45. The van der Waals surface area contributed by atoms with Crippen LogP contribution in [0.3, 0.4) is 0 Å². The fraction of sp³-hybridized carbons (Fsp3) is 0.154. The van der Waals surface area contributed by atoms with Crippen molar-refractivity contribution in [3.63, 3.8) is 0 Å². The number of hydrogen-bond donors (Lipinski definition) is 1. The van der Waals surface area contributed by atoms with Crippen molar-refractivity contribution < 1.29 is 9.53 Å². The molecule has 2 aromatic rings. The number of carbonyl (C=O) groups excluding carboxylic acids is 1. The summed E-state index contributed by atoms with van der Waals surface area (Å²) in [6.07, 6.45) is 1.51. The lowest BCUT2D eigenvalue weighted by Gasteiger charge is -2.17. The highest BCUT2D eigenvalue weighted by molar-refractivity contribution is 6.28. The standard InChI is InChI=1S/C13H12ClN3O2/c1-19-12(18)11(9-5-3-2-4-6-9)16-10-7-8-15-13(14)17-10/h2-8,11H,1H3,(H,15,16,17). The number of carbonyl (C=O) groups is 1. The maximum Gasteiger partial charge on any atom is 0.333 e. The van der Waals surface area contributed by atoms with Crippen LogP contribution in [-0.2, 0) is 9.53 Å². The molecule has 5 nitrogen and oxygen atoms in total. The van der Waals surface area contributed by atoms with Crippen molar-refractivity contribution in [3.05, 3.63) is 53.4 Å². The summed E-state index contributed by atoms with van der Waals surface area (Å²) in [5, 5.41) is 3.09. The Balaban J connectivity index is 2.27. The van der Waals surface area contributed by atoms with Crippen LogP contribution in [0, 0.1) is 0 Å². The van der Waals surface area contributed by atoms with E-state index in [0.717, 1.165) is 5.56 Å². The van der Waals surface area contributed by atoms with Gasteiger partial charge in [-0.3, -0.25) is 0 Å². The van der Waals surface area contributed by atoms with Gasteiger partial charge in [0.2, 0.25) is 5.28 Å². The van der Waals surface area contributed by atoms with Crippen LogP contribution in [0.1, 0.15) is 11.6 Å². The van der Waals surface area contributed by atoms with E-state index >= 15 is 0 Å². The minimum atomic E-state index is -0.642. The number of benzene rings is 1. The summed E-state index contributed by atoms with van der Waals surface area (Å²) in [7, 11) is 1.34. The van der Waals surface area contributed by atoms with Crippen LogP contribution in [-0.4, -0.2) is 23.0 Å². The van der Waals surface area contributed by atoms with Gasteiger partial charge >= 0.3 is 5.97 Å². The van der Waals surface area contributed by atoms with E-state index in [0.29, 0.717) is 5.82 Å². The highest BCUT2D eigenvalue weighted by atomic mass is 35.5.